The van der Waals surface area contributed by atoms with Crippen LogP contribution in [0.15, 0.2) is 46.8 Å². The maximum absolute atomic E-state index is 11.6. The Hall–Kier alpha value is -2.15. The fraction of sp³-hybridized carbons (Fsp3) is 0.0909. The highest BCUT2D eigenvalue weighted by molar-refractivity contribution is 7.87. The molecule has 3 rings (SSSR count). The molecule has 0 atom stereocenters. The van der Waals surface area contributed by atoms with Crippen molar-refractivity contribution in [2.75, 3.05) is 0 Å². The van der Waals surface area contributed by atoms with E-state index in [1.54, 1.807) is 6.07 Å². The van der Waals surface area contributed by atoms with Crippen molar-refractivity contribution >= 4 is 21.2 Å². The highest BCUT2D eigenvalue weighted by Gasteiger charge is 2.28. The molecule has 0 saturated carbocycles. The van der Waals surface area contributed by atoms with Crippen LogP contribution in [-0.2, 0) is 16.8 Å². The molecular formula is C11H10N2O4S. The van der Waals surface area contributed by atoms with Crippen LogP contribution in [0.25, 0.3) is 11.0 Å². The molecule has 0 aliphatic carbocycles. The molecule has 0 amide bonds. The van der Waals surface area contributed by atoms with Crippen molar-refractivity contribution in [2.24, 2.45) is 0 Å². The van der Waals surface area contributed by atoms with Crippen molar-refractivity contribution in [3.63, 3.8) is 0 Å². The number of aliphatic hydroxyl groups is 1. The van der Waals surface area contributed by atoms with Crippen molar-refractivity contribution in [1.82, 2.24) is 9.03 Å². The molecule has 0 fully saturated rings. The molecule has 2 aromatic rings. The third kappa shape index (κ3) is 1.78. The van der Waals surface area contributed by atoms with Crippen LogP contribution >= 0.6 is 0 Å². The van der Waals surface area contributed by atoms with Crippen LogP contribution in [0, 0.1) is 0 Å². The van der Waals surface area contributed by atoms with E-state index in [1.807, 2.05) is 29.0 Å². The van der Waals surface area contributed by atoms with Gasteiger partial charge in [0, 0.05) is 5.39 Å². The van der Waals surface area contributed by atoms with Crippen molar-refractivity contribution in [3.8, 4) is 0 Å². The highest BCUT2D eigenvalue weighted by Crippen LogP contribution is 2.22. The summed E-state index contributed by atoms with van der Waals surface area (Å²) in [6.07, 6.45) is 1.11. The summed E-state index contributed by atoms with van der Waals surface area (Å²) in [5.74, 6) is 0.110. The molecule has 0 unspecified atom stereocenters. The van der Waals surface area contributed by atoms with E-state index in [-0.39, 0.29) is 6.54 Å². The first kappa shape index (κ1) is 11.0. The first-order valence-corrected chi connectivity index (χ1v) is 6.66. The molecule has 0 spiro atoms. The molecule has 1 aromatic heterocycles. The Balaban J connectivity index is 1.93. The molecule has 6 nitrogen and oxygen atoms in total. The lowest BCUT2D eigenvalue weighted by Crippen LogP contribution is -2.29. The SMILES string of the molecule is O=S1(=O)NC(O)=CN1Cc1cc2ccccc2o1. The number of hydrogen-bond donors (Lipinski definition) is 2. The first-order valence-electron chi connectivity index (χ1n) is 5.22. The van der Waals surface area contributed by atoms with Crippen molar-refractivity contribution < 1.29 is 17.9 Å². The predicted molar refractivity (Wildman–Crippen MR) is 64.5 cm³/mol. The molecule has 94 valence electrons. The van der Waals surface area contributed by atoms with Crippen LogP contribution in [0.2, 0.25) is 0 Å². The number of benzene rings is 1. The van der Waals surface area contributed by atoms with E-state index in [0.717, 1.165) is 15.9 Å². The Morgan fingerprint density at radius 2 is 2.11 bits per heavy atom. The van der Waals surface area contributed by atoms with Gasteiger partial charge in [0.05, 0.1) is 12.7 Å². The number of aliphatic hydroxyl groups excluding tert-OH is 1. The summed E-state index contributed by atoms with van der Waals surface area (Å²) in [6, 6.07) is 9.18. The molecule has 1 aliphatic heterocycles. The molecule has 1 aliphatic rings. The minimum absolute atomic E-state index is 0.0358. The first-order chi connectivity index (χ1) is 8.54. The summed E-state index contributed by atoms with van der Waals surface area (Å²) in [5, 5.41) is 10.1. The summed E-state index contributed by atoms with van der Waals surface area (Å²) >= 11 is 0. The second-order valence-electron chi connectivity index (χ2n) is 3.92. The number of rotatable bonds is 2. The molecule has 0 radical (unpaired) electrons. The van der Waals surface area contributed by atoms with Gasteiger partial charge in [0.1, 0.15) is 11.3 Å². The highest BCUT2D eigenvalue weighted by atomic mass is 32.2. The van der Waals surface area contributed by atoms with Gasteiger partial charge >= 0.3 is 10.2 Å². The van der Waals surface area contributed by atoms with E-state index < -0.39 is 16.1 Å². The van der Waals surface area contributed by atoms with Crippen molar-refractivity contribution in [2.45, 2.75) is 6.54 Å². The molecule has 7 heteroatoms. The van der Waals surface area contributed by atoms with Gasteiger partial charge < -0.3 is 9.52 Å². The summed E-state index contributed by atoms with van der Waals surface area (Å²) < 4.78 is 31.6. The lowest BCUT2D eigenvalue weighted by atomic mass is 10.2. The fourth-order valence-corrected chi connectivity index (χ4v) is 2.79. The molecule has 1 aromatic carbocycles. The Labute approximate surface area is 103 Å². The number of furan rings is 1. The Bertz CT molecular complexity index is 699. The Morgan fingerprint density at radius 3 is 2.78 bits per heavy atom. The van der Waals surface area contributed by atoms with E-state index in [4.69, 9.17) is 9.52 Å². The van der Waals surface area contributed by atoms with Gasteiger partial charge in [-0.15, -0.1) is 0 Å². The standard InChI is InChI=1S/C11H10N2O4S/c14-11-7-13(18(15,16)12-11)6-9-5-8-3-1-2-4-10(8)17-9/h1-5,7,12,14H,6H2. The summed E-state index contributed by atoms with van der Waals surface area (Å²) in [7, 11) is -3.69. The second kappa shape index (κ2) is 3.67. The Kier molecular flexibility index (Phi) is 2.24. The molecule has 2 N–H and O–H groups in total. The second-order valence-corrected chi connectivity index (χ2v) is 5.54. The van der Waals surface area contributed by atoms with E-state index in [1.165, 1.54) is 0 Å². The average molecular weight is 266 g/mol. The molecule has 0 saturated heterocycles. The largest absolute Gasteiger partial charge is 0.493 e. The van der Waals surface area contributed by atoms with Gasteiger partial charge in [0.25, 0.3) is 0 Å². The van der Waals surface area contributed by atoms with Gasteiger partial charge in [-0.25, -0.2) is 9.03 Å². The lowest BCUT2D eigenvalue weighted by molar-refractivity contribution is 0.388. The maximum atomic E-state index is 11.6. The molecule has 0 bridgehead atoms. The summed E-state index contributed by atoms with van der Waals surface area (Å²) in [5.41, 5.74) is 0.699. The molecule has 2 heterocycles. The van der Waals surface area contributed by atoms with Crippen LogP contribution in [0.5, 0.6) is 0 Å². The van der Waals surface area contributed by atoms with E-state index >= 15 is 0 Å². The lowest BCUT2D eigenvalue weighted by Gasteiger charge is -2.11. The fourth-order valence-electron chi connectivity index (χ4n) is 1.82. The summed E-state index contributed by atoms with van der Waals surface area (Å²) in [4.78, 5) is 0. The molecular weight excluding hydrogens is 256 g/mol. The van der Waals surface area contributed by atoms with E-state index in [9.17, 15) is 8.42 Å². The Morgan fingerprint density at radius 1 is 1.33 bits per heavy atom. The van der Waals surface area contributed by atoms with Crippen molar-refractivity contribution in [1.29, 1.82) is 0 Å². The average Bonchev–Trinajstić information content (AvgIpc) is 2.79. The smallest absolute Gasteiger partial charge is 0.326 e. The number of nitrogens with zero attached hydrogens (tertiary/aromatic N) is 1. The topological polar surface area (TPSA) is 82.8 Å². The van der Waals surface area contributed by atoms with E-state index in [2.05, 4.69) is 0 Å². The van der Waals surface area contributed by atoms with Gasteiger partial charge in [0.2, 0.25) is 5.88 Å². The van der Waals surface area contributed by atoms with Gasteiger partial charge in [0.15, 0.2) is 0 Å². The monoisotopic (exact) mass is 266 g/mol. The zero-order chi connectivity index (χ0) is 12.8. The minimum Gasteiger partial charge on any atom is -0.493 e. The van der Waals surface area contributed by atoms with E-state index in [0.29, 0.717) is 11.3 Å². The normalized spacial score (nSPS) is 17.8. The quantitative estimate of drug-likeness (QED) is 0.861. The van der Waals surface area contributed by atoms with Crippen molar-refractivity contribution in [3.05, 3.63) is 48.2 Å². The zero-order valence-electron chi connectivity index (χ0n) is 9.20. The number of hydrogen-bond acceptors (Lipinski definition) is 4. The van der Waals surface area contributed by atoms with Crippen LogP contribution in [0.3, 0.4) is 0 Å². The minimum atomic E-state index is -3.69. The number of fused-ring (bicyclic) bond motifs is 1. The van der Waals surface area contributed by atoms with Crippen LogP contribution < -0.4 is 4.72 Å². The van der Waals surface area contributed by atoms with Crippen LogP contribution in [-0.4, -0.2) is 17.8 Å². The van der Waals surface area contributed by atoms with Gasteiger partial charge in [-0.1, -0.05) is 18.2 Å². The van der Waals surface area contributed by atoms with Crippen LogP contribution in [0.1, 0.15) is 5.76 Å². The maximum Gasteiger partial charge on any atom is 0.326 e. The number of para-hydroxylation sites is 1. The third-order valence-corrected chi connectivity index (χ3v) is 3.92. The van der Waals surface area contributed by atoms with Gasteiger partial charge in [-0.05, 0) is 12.1 Å². The molecule has 18 heavy (non-hydrogen) atoms. The summed E-state index contributed by atoms with van der Waals surface area (Å²) in [6.45, 7) is 0.0358. The number of nitrogens with one attached hydrogen (secondary N) is 1. The van der Waals surface area contributed by atoms with Crippen LogP contribution in [0.4, 0.5) is 0 Å². The zero-order valence-corrected chi connectivity index (χ0v) is 10.0. The third-order valence-electron chi connectivity index (χ3n) is 2.60. The van der Waals surface area contributed by atoms with Gasteiger partial charge in [-0.3, -0.25) is 0 Å². The predicted octanol–water partition coefficient (Wildman–Crippen LogP) is 1.44. The van der Waals surface area contributed by atoms with Gasteiger partial charge in [-0.2, -0.15) is 8.42 Å².